The van der Waals surface area contributed by atoms with Crippen LogP contribution in [0.25, 0.3) is 0 Å². The molecular weight excluding hydrogens is 356 g/mol. The zero-order chi connectivity index (χ0) is 19.9. The van der Waals surface area contributed by atoms with Crippen LogP contribution in [0, 0.1) is 5.92 Å². The number of benzene rings is 2. The molecule has 0 saturated carbocycles. The molecule has 28 heavy (non-hydrogen) atoms. The maximum absolute atomic E-state index is 12.7. The molecule has 146 valence electrons. The van der Waals surface area contributed by atoms with Gasteiger partial charge in [0.1, 0.15) is 0 Å². The van der Waals surface area contributed by atoms with Gasteiger partial charge >= 0.3 is 5.97 Å². The summed E-state index contributed by atoms with van der Waals surface area (Å²) in [5.41, 5.74) is 2.18. The Balaban J connectivity index is 1.58. The topological polar surface area (TPSA) is 86.7 Å². The number of carboxylic acids is 1. The van der Waals surface area contributed by atoms with Crippen molar-refractivity contribution in [2.45, 2.75) is 25.7 Å². The molecule has 3 rings (SSSR count). The molecule has 0 spiro atoms. The van der Waals surface area contributed by atoms with Crippen LogP contribution in [0.15, 0.2) is 54.6 Å². The van der Waals surface area contributed by atoms with Gasteiger partial charge in [-0.05, 0) is 36.1 Å². The van der Waals surface area contributed by atoms with Crippen LogP contribution in [0.5, 0.6) is 0 Å². The van der Waals surface area contributed by atoms with Gasteiger partial charge in [-0.25, -0.2) is 0 Å². The van der Waals surface area contributed by atoms with E-state index in [0.29, 0.717) is 30.8 Å². The Morgan fingerprint density at radius 1 is 1.00 bits per heavy atom. The van der Waals surface area contributed by atoms with Crippen molar-refractivity contribution in [1.82, 2.24) is 4.90 Å². The second-order valence-corrected chi connectivity index (χ2v) is 7.10. The maximum atomic E-state index is 12.7. The standard InChI is InChI=1S/C22H24N2O4/c25-20(13-16-6-2-1-3-7-16)24-11-5-9-18(15-24)22(28)23-19-10-4-8-17(12-19)14-21(26)27/h1-4,6-8,10,12,18H,5,9,11,13-15H2,(H,23,28)(H,26,27). The summed E-state index contributed by atoms with van der Waals surface area (Å²) in [5.74, 6) is -1.28. The van der Waals surface area contributed by atoms with E-state index >= 15 is 0 Å². The fourth-order valence-corrected chi connectivity index (χ4v) is 3.48. The number of likely N-dealkylation sites (tertiary alicyclic amines) is 1. The van der Waals surface area contributed by atoms with Gasteiger partial charge < -0.3 is 15.3 Å². The highest BCUT2D eigenvalue weighted by Crippen LogP contribution is 2.20. The second kappa shape index (κ2) is 9.17. The molecule has 6 nitrogen and oxygen atoms in total. The molecule has 0 aliphatic carbocycles. The van der Waals surface area contributed by atoms with Gasteiger partial charge in [-0.1, -0.05) is 42.5 Å². The molecule has 2 N–H and O–H groups in total. The number of amides is 2. The van der Waals surface area contributed by atoms with Gasteiger partial charge in [0.2, 0.25) is 11.8 Å². The van der Waals surface area contributed by atoms with E-state index in [9.17, 15) is 14.4 Å². The van der Waals surface area contributed by atoms with E-state index in [1.54, 1.807) is 29.2 Å². The molecule has 1 aliphatic rings. The summed E-state index contributed by atoms with van der Waals surface area (Å²) in [6.45, 7) is 1.08. The zero-order valence-corrected chi connectivity index (χ0v) is 15.6. The maximum Gasteiger partial charge on any atom is 0.307 e. The third kappa shape index (κ3) is 5.42. The second-order valence-electron chi connectivity index (χ2n) is 7.10. The van der Waals surface area contributed by atoms with Crippen molar-refractivity contribution in [3.63, 3.8) is 0 Å². The van der Waals surface area contributed by atoms with Gasteiger partial charge in [0.25, 0.3) is 0 Å². The number of hydrogen-bond donors (Lipinski definition) is 2. The number of carboxylic acid groups (broad SMARTS) is 1. The molecule has 0 bridgehead atoms. The Hall–Kier alpha value is -3.15. The van der Waals surface area contributed by atoms with Gasteiger partial charge in [-0.2, -0.15) is 0 Å². The van der Waals surface area contributed by atoms with Crippen molar-refractivity contribution in [3.05, 3.63) is 65.7 Å². The van der Waals surface area contributed by atoms with Crippen molar-refractivity contribution >= 4 is 23.5 Å². The molecule has 2 aromatic rings. The number of rotatable bonds is 6. The van der Waals surface area contributed by atoms with Crippen LogP contribution in [-0.4, -0.2) is 40.9 Å². The number of hydrogen-bond acceptors (Lipinski definition) is 3. The van der Waals surface area contributed by atoms with Crippen LogP contribution in [0.3, 0.4) is 0 Å². The van der Waals surface area contributed by atoms with Crippen LogP contribution >= 0.6 is 0 Å². The van der Waals surface area contributed by atoms with Crippen LogP contribution in [0.4, 0.5) is 5.69 Å². The minimum absolute atomic E-state index is 0.0344. The van der Waals surface area contributed by atoms with E-state index in [4.69, 9.17) is 5.11 Å². The fraction of sp³-hybridized carbons (Fsp3) is 0.318. The van der Waals surface area contributed by atoms with E-state index in [1.165, 1.54) is 0 Å². The summed E-state index contributed by atoms with van der Waals surface area (Å²) in [6.07, 6.45) is 1.77. The number of aliphatic carboxylic acids is 1. The lowest BCUT2D eigenvalue weighted by molar-refractivity contribution is -0.136. The van der Waals surface area contributed by atoms with Crippen molar-refractivity contribution in [2.75, 3.05) is 18.4 Å². The van der Waals surface area contributed by atoms with Crippen LogP contribution < -0.4 is 5.32 Å². The minimum atomic E-state index is -0.914. The first-order chi connectivity index (χ1) is 13.5. The lowest BCUT2D eigenvalue weighted by atomic mass is 9.96. The lowest BCUT2D eigenvalue weighted by Crippen LogP contribution is -2.44. The van der Waals surface area contributed by atoms with Crippen LogP contribution in [-0.2, 0) is 27.2 Å². The Morgan fingerprint density at radius 3 is 2.50 bits per heavy atom. The third-order valence-corrected chi connectivity index (χ3v) is 4.89. The summed E-state index contributed by atoms with van der Waals surface area (Å²) < 4.78 is 0. The highest BCUT2D eigenvalue weighted by atomic mass is 16.4. The summed E-state index contributed by atoms with van der Waals surface area (Å²) in [7, 11) is 0. The number of nitrogens with zero attached hydrogens (tertiary/aromatic N) is 1. The molecule has 0 radical (unpaired) electrons. The first kappa shape index (κ1) is 19.6. The smallest absolute Gasteiger partial charge is 0.307 e. The normalized spacial score (nSPS) is 16.4. The van der Waals surface area contributed by atoms with Crippen LogP contribution in [0.1, 0.15) is 24.0 Å². The van der Waals surface area contributed by atoms with E-state index in [2.05, 4.69) is 5.32 Å². The Kier molecular flexibility index (Phi) is 6.42. The van der Waals surface area contributed by atoms with E-state index in [-0.39, 0.29) is 24.2 Å². The molecule has 1 atom stereocenters. The summed E-state index contributed by atoms with van der Waals surface area (Å²) in [4.78, 5) is 37.9. The highest BCUT2D eigenvalue weighted by Gasteiger charge is 2.28. The number of nitrogens with one attached hydrogen (secondary N) is 1. The predicted octanol–water partition coefficient (Wildman–Crippen LogP) is 2.73. The SMILES string of the molecule is O=C(O)Cc1cccc(NC(=O)C2CCCN(C(=O)Cc3ccccc3)C2)c1. The Bertz CT molecular complexity index is 851. The number of anilines is 1. The lowest BCUT2D eigenvalue weighted by Gasteiger charge is -2.32. The number of carbonyl (C=O) groups is 3. The molecule has 1 aliphatic heterocycles. The summed E-state index contributed by atoms with van der Waals surface area (Å²) >= 11 is 0. The zero-order valence-electron chi connectivity index (χ0n) is 15.6. The van der Waals surface area contributed by atoms with E-state index < -0.39 is 5.97 Å². The number of carbonyl (C=O) groups excluding carboxylic acids is 2. The average Bonchev–Trinajstić information content (AvgIpc) is 2.68. The number of piperidine rings is 1. The molecule has 2 aromatic carbocycles. The van der Waals surface area contributed by atoms with Crippen molar-refractivity contribution in [1.29, 1.82) is 0 Å². The molecule has 0 aromatic heterocycles. The fourth-order valence-electron chi connectivity index (χ4n) is 3.48. The molecule has 6 heteroatoms. The molecule has 1 heterocycles. The van der Waals surface area contributed by atoms with Crippen molar-refractivity contribution in [2.24, 2.45) is 5.92 Å². The largest absolute Gasteiger partial charge is 0.481 e. The van der Waals surface area contributed by atoms with Crippen molar-refractivity contribution in [3.8, 4) is 0 Å². The van der Waals surface area contributed by atoms with Gasteiger partial charge in [-0.3, -0.25) is 14.4 Å². The van der Waals surface area contributed by atoms with Gasteiger partial charge in [0.05, 0.1) is 18.8 Å². The quantitative estimate of drug-likeness (QED) is 0.807. The van der Waals surface area contributed by atoms with Gasteiger partial charge in [0, 0.05) is 18.8 Å². The molecule has 1 fully saturated rings. The summed E-state index contributed by atoms with van der Waals surface area (Å²) in [5, 5.41) is 11.8. The summed E-state index contributed by atoms with van der Waals surface area (Å²) in [6, 6.07) is 16.4. The first-order valence-corrected chi connectivity index (χ1v) is 9.44. The Morgan fingerprint density at radius 2 is 1.75 bits per heavy atom. The van der Waals surface area contributed by atoms with E-state index in [1.807, 2.05) is 30.3 Å². The van der Waals surface area contributed by atoms with Gasteiger partial charge in [0.15, 0.2) is 0 Å². The average molecular weight is 380 g/mol. The molecule has 1 unspecified atom stereocenters. The molecule has 2 amide bonds. The van der Waals surface area contributed by atoms with E-state index in [0.717, 1.165) is 18.4 Å². The molecule has 1 saturated heterocycles. The first-order valence-electron chi connectivity index (χ1n) is 9.44. The highest BCUT2D eigenvalue weighted by molar-refractivity contribution is 5.93. The van der Waals surface area contributed by atoms with Crippen molar-refractivity contribution < 1.29 is 19.5 Å². The van der Waals surface area contributed by atoms with Gasteiger partial charge in [-0.15, -0.1) is 0 Å². The van der Waals surface area contributed by atoms with Crippen LogP contribution in [0.2, 0.25) is 0 Å². The third-order valence-electron chi connectivity index (χ3n) is 4.89. The molecular formula is C22H24N2O4. The Labute approximate surface area is 164 Å². The monoisotopic (exact) mass is 380 g/mol. The minimum Gasteiger partial charge on any atom is -0.481 e. The predicted molar refractivity (Wildman–Crippen MR) is 106 cm³/mol.